The van der Waals surface area contributed by atoms with Crippen molar-refractivity contribution in [2.75, 3.05) is 18.8 Å². The van der Waals surface area contributed by atoms with Crippen LogP contribution in [0, 0.1) is 0 Å². The molecule has 29 heavy (non-hydrogen) atoms. The summed E-state index contributed by atoms with van der Waals surface area (Å²) in [6.45, 7) is 1.32. The number of hydrogen-bond donors (Lipinski definition) is 3. The van der Waals surface area contributed by atoms with Crippen molar-refractivity contribution in [2.45, 2.75) is 44.7 Å². The molecule has 2 unspecified atom stereocenters. The summed E-state index contributed by atoms with van der Waals surface area (Å²) in [5.74, 6) is -2.87. The summed E-state index contributed by atoms with van der Waals surface area (Å²) in [6, 6.07) is -3.42. The van der Waals surface area contributed by atoms with Crippen LogP contribution in [0.4, 0.5) is 4.79 Å². The van der Waals surface area contributed by atoms with Crippen molar-refractivity contribution in [2.24, 2.45) is 0 Å². The van der Waals surface area contributed by atoms with Crippen molar-refractivity contribution in [1.82, 2.24) is 25.2 Å². The lowest BCUT2D eigenvalue weighted by molar-refractivity contribution is -0.155. The van der Waals surface area contributed by atoms with Crippen LogP contribution in [-0.4, -0.2) is 89.6 Å². The van der Waals surface area contributed by atoms with E-state index in [1.165, 1.54) is 6.92 Å². The smallest absolute Gasteiger partial charge is 0.354 e. The SMILES string of the molecule is CCS(=O)(=O)NN1CCC(=O)N2CCCC(C(=O)NC(C=O)CC(=O)O)N2C1=O. The van der Waals surface area contributed by atoms with Gasteiger partial charge in [-0.2, -0.15) is 0 Å². The Labute approximate surface area is 167 Å². The third-order valence-corrected chi connectivity index (χ3v) is 5.74. The quantitative estimate of drug-likeness (QED) is 0.370. The van der Waals surface area contributed by atoms with E-state index >= 15 is 0 Å². The Morgan fingerprint density at radius 1 is 1.31 bits per heavy atom. The molecule has 2 atom stereocenters. The van der Waals surface area contributed by atoms with E-state index in [0.717, 1.165) is 15.0 Å². The highest BCUT2D eigenvalue weighted by atomic mass is 32.2. The third kappa shape index (κ3) is 5.41. The van der Waals surface area contributed by atoms with E-state index in [1.54, 1.807) is 0 Å². The Morgan fingerprint density at radius 3 is 2.59 bits per heavy atom. The first-order chi connectivity index (χ1) is 13.6. The molecule has 2 saturated heterocycles. The Morgan fingerprint density at radius 2 is 2.00 bits per heavy atom. The van der Waals surface area contributed by atoms with Crippen LogP contribution in [0.15, 0.2) is 0 Å². The highest BCUT2D eigenvalue weighted by Gasteiger charge is 2.44. The van der Waals surface area contributed by atoms with Crippen LogP contribution in [-0.2, 0) is 29.2 Å². The molecule has 3 N–H and O–H groups in total. The van der Waals surface area contributed by atoms with Crippen molar-refractivity contribution >= 4 is 40.1 Å². The second-order valence-corrected chi connectivity index (χ2v) is 8.54. The Bertz CT molecular complexity index is 801. The maximum Gasteiger partial charge on any atom is 0.354 e. The third-order valence-electron chi connectivity index (χ3n) is 4.49. The van der Waals surface area contributed by atoms with Crippen LogP contribution in [0.2, 0.25) is 0 Å². The first-order valence-electron chi connectivity index (χ1n) is 8.98. The lowest BCUT2D eigenvalue weighted by Crippen LogP contribution is -2.64. The van der Waals surface area contributed by atoms with Crippen molar-refractivity contribution in [1.29, 1.82) is 0 Å². The lowest BCUT2D eigenvalue weighted by atomic mass is 10.1. The number of carbonyl (C=O) groups excluding carboxylic acids is 4. The van der Waals surface area contributed by atoms with Crippen molar-refractivity contribution in [3.05, 3.63) is 0 Å². The normalized spacial score (nSPS) is 21.3. The molecule has 0 saturated carbocycles. The average Bonchev–Trinajstić information content (AvgIpc) is 2.79. The van der Waals surface area contributed by atoms with E-state index < -0.39 is 52.3 Å². The fraction of sp³-hybridized carbons (Fsp3) is 0.667. The minimum atomic E-state index is -3.81. The molecule has 0 spiro atoms. The second kappa shape index (κ2) is 9.17. The summed E-state index contributed by atoms with van der Waals surface area (Å²) >= 11 is 0. The van der Waals surface area contributed by atoms with Gasteiger partial charge in [-0.25, -0.2) is 28.2 Å². The number of aldehydes is 1. The number of aliphatic carboxylic acids is 1. The number of hydrogen-bond acceptors (Lipinski definition) is 7. The number of rotatable bonds is 8. The molecule has 0 aliphatic carbocycles. The Kier molecular flexibility index (Phi) is 7.13. The number of carbonyl (C=O) groups is 5. The van der Waals surface area contributed by atoms with Gasteiger partial charge in [0.25, 0.3) is 0 Å². The van der Waals surface area contributed by atoms with E-state index in [2.05, 4.69) is 10.1 Å². The summed E-state index contributed by atoms with van der Waals surface area (Å²) in [7, 11) is -3.81. The van der Waals surface area contributed by atoms with Gasteiger partial charge in [0.15, 0.2) is 0 Å². The Hall–Kier alpha value is -2.74. The summed E-state index contributed by atoms with van der Waals surface area (Å²) in [6.07, 6.45) is 0.0107. The summed E-state index contributed by atoms with van der Waals surface area (Å²) in [5.41, 5.74) is 0. The molecule has 0 aromatic carbocycles. The van der Waals surface area contributed by atoms with Crippen LogP contribution in [0.25, 0.3) is 0 Å². The first-order valence-corrected chi connectivity index (χ1v) is 10.6. The molecule has 2 aliphatic heterocycles. The zero-order valence-corrected chi connectivity index (χ0v) is 16.6. The van der Waals surface area contributed by atoms with Crippen molar-refractivity contribution in [3.63, 3.8) is 0 Å². The number of sulfonamides is 1. The number of urea groups is 1. The standard InChI is InChI=1S/C15H23N5O8S/c1-2-29(27,28)17-18-7-5-12(22)19-6-3-4-11(20(19)15(18)26)14(25)16-10(9-21)8-13(23)24/h9-11,17H,2-8H2,1H3,(H,16,25)(H,23,24). The maximum absolute atomic E-state index is 13.0. The number of hydrazine groups is 2. The lowest BCUT2D eigenvalue weighted by Gasteiger charge is -2.42. The molecule has 162 valence electrons. The molecular weight excluding hydrogens is 410 g/mol. The highest BCUT2D eigenvalue weighted by molar-refractivity contribution is 7.89. The predicted molar refractivity (Wildman–Crippen MR) is 96.1 cm³/mol. The molecule has 2 aliphatic rings. The number of fused-ring (bicyclic) bond motifs is 1. The van der Waals surface area contributed by atoms with Crippen LogP contribution < -0.4 is 10.1 Å². The number of amides is 4. The zero-order valence-electron chi connectivity index (χ0n) is 15.7. The van der Waals surface area contributed by atoms with Gasteiger partial charge in [0.1, 0.15) is 12.3 Å². The van der Waals surface area contributed by atoms with Crippen molar-refractivity contribution in [3.8, 4) is 0 Å². The summed E-state index contributed by atoms with van der Waals surface area (Å²) in [5, 5.41) is 13.8. The van der Waals surface area contributed by atoms with E-state index in [-0.39, 0.29) is 38.0 Å². The molecule has 13 nitrogen and oxygen atoms in total. The van der Waals surface area contributed by atoms with Gasteiger partial charge in [-0.15, -0.1) is 4.83 Å². The zero-order chi connectivity index (χ0) is 21.8. The maximum atomic E-state index is 13.0. The summed E-state index contributed by atoms with van der Waals surface area (Å²) in [4.78, 5) is 62.0. The largest absolute Gasteiger partial charge is 0.481 e. The molecule has 0 radical (unpaired) electrons. The van der Waals surface area contributed by atoms with Gasteiger partial charge in [0.2, 0.25) is 21.8 Å². The fourth-order valence-corrected chi connectivity index (χ4v) is 3.66. The van der Waals surface area contributed by atoms with E-state index in [4.69, 9.17) is 5.11 Å². The van der Waals surface area contributed by atoms with Gasteiger partial charge in [0.05, 0.1) is 18.2 Å². The average molecular weight is 433 g/mol. The first kappa shape index (κ1) is 22.5. The molecule has 0 aromatic heterocycles. The monoisotopic (exact) mass is 433 g/mol. The molecule has 2 heterocycles. The van der Waals surface area contributed by atoms with Gasteiger partial charge >= 0.3 is 12.0 Å². The van der Waals surface area contributed by atoms with Crippen LogP contribution in [0.3, 0.4) is 0 Å². The van der Waals surface area contributed by atoms with Gasteiger partial charge in [-0.05, 0) is 19.8 Å². The highest BCUT2D eigenvalue weighted by Crippen LogP contribution is 2.24. The van der Waals surface area contributed by atoms with E-state index in [1.807, 2.05) is 0 Å². The topological polar surface area (TPSA) is 173 Å². The predicted octanol–water partition coefficient (Wildman–Crippen LogP) is -1.97. The van der Waals surface area contributed by atoms with Crippen LogP contribution in [0.1, 0.15) is 32.6 Å². The fourth-order valence-electron chi connectivity index (χ4n) is 3.03. The van der Waals surface area contributed by atoms with E-state index in [0.29, 0.717) is 6.42 Å². The van der Waals surface area contributed by atoms with Gasteiger partial charge in [-0.1, -0.05) is 0 Å². The molecule has 4 amide bonds. The molecular formula is C15H23N5O8S. The van der Waals surface area contributed by atoms with Crippen LogP contribution >= 0.6 is 0 Å². The molecule has 14 heteroatoms. The Balaban J connectivity index is 2.28. The number of nitrogens with one attached hydrogen (secondary N) is 2. The second-order valence-electron chi connectivity index (χ2n) is 6.55. The van der Waals surface area contributed by atoms with Crippen molar-refractivity contribution < 1.29 is 37.5 Å². The van der Waals surface area contributed by atoms with Crippen LogP contribution in [0.5, 0.6) is 0 Å². The molecule has 0 bridgehead atoms. The van der Waals surface area contributed by atoms with E-state index in [9.17, 15) is 32.4 Å². The molecule has 0 aromatic rings. The minimum Gasteiger partial charge on any atom is -0.481 e. The van der Waals surface area contributed by atoms with Gasteiger partial charge < -0.3 is 15.2 Å². The van der Waals surface area contributed by atoms with Gasteiger partial charge in [0, 0.05) is 19.5 Å². The number of carboxylic acid groups (broad SMARTS) is 1. The minimum absolute atomic E-state index is 0.147. The summed E-state index contributed by atoms with van der Waals surface area (Å²) < 4.78 is 23.7. The molecule has 2 fully saturated rings. The number of carboxylic acids is 1. The van der Waals surface area contributed by atoms with Gasteiger partial charge in [-0.3, -0.25) is 14.4 Å². The molecule has 2 rings (SSSR count). The number of nitrogens with zero attached hydrogens (tertiary/aromatic N) is 3.